The van der Waals surface area contributed by atoms with Crippen LogP contribution in [0.2, 0.25) is 13.3 Å². The molecule has 0 N–H and O–H groups in total. The average Bonchev–Trinajstić information content (AvgIpc) is 2.64. The Bertz CT molecular complexity index is 283. The van der Waals surface area contributed by atoms with Crippen molar-refractivity contribution >= 4 is 18.4 Å². The fourth-order valence-corrected chi connectivity index (χ4v) is 17.9. The van der Waals surface area contributed by atoms with Crippen LogP contribution in [-0.2, 0) is 9.47 Å². The molecule has 0 bridgehead atoms. The fourth-order valence-electron chi connectivity index (χ4n) is 3.51. The van der Waals surface area contributed by atoms with Crippen molar-refractivity contribution in [1.82, 2.24) is 0 Å². The summed E-state index contributed by atoms with van der Waals surface area (Å²) in [6, 6.07) is 0. The molecular formula is C22H46O2Sn. The van der Waals surface area contributed by atoms with Crippen LogP contribution in [0.5, 0.6) is 0 Å². The van der Waals surface area contributed by atoms with E-state index in [1.165, 1.54) is 71.1 Å². The number of unbranched alkanes of at least 4 members (excludes halogenated alkanes) is 5. The fraction of sp³-hybridized carbons (Fsp3) is 0.909. The summed E-state index contributed by atoms with van der Waals surface area (Å²) in [6.07, 6.45) is 16.0. The Balaban J connectivity index is 5.06. The Morgan fingerprint density at radius 2 is 1.28 bits per heavy atom. The molecule has 2 nitrogen and oxygen atoms in total. The second-order valence-corrected chi connectivity index (χ2v) is 20.6. The summed E-state index contributed by atoms with van der Waals surface area (Å²) in [5.41, 5.74) is 0. The van der Waals surface area contributed by atoms with Crippen molar-refractivity contribution in [2.24, 2.45) is 0 Å². The second kappa shape index (κ2) is 17.9. The number of rotatable bonds is 18. The van der Waals surface area contributed by atoms with Crippen LogP contribution in [0.1, 0.15) is 91.9 Å². The van der Waals surface area contributed by atoms with Crippen LogP contribution in [0.3, 0.4) is 0 Å². The van der Waals surface area contributed by atoms with Crippen molar-refractivity contribution in [1.29, 1.82) is 0 Å². The maximum atomic E-state index is 5.97. The van der Waals surface area contributed by atoms with Crippen LogP contribution in [0.25, 0.3) is 0 Å². The second-order valence-electron chi connectivity index (χ2n) is 7.64. The Hall–Kier alpha value is 0.459. The van der Waals surface area contributed by atoms with Crippen LogP contribution in [-0.4, -0.2) is 38.4 Å². The van der Waals surface area contributed by atoms with E-state index in [0.717, 1.165) is 6.42 Å². The molecule has 1 atom stereocenters. The molecule has 0 fully saturated rings. The number of hydrogen-bond acceptors (Lipinski definition) is 2. The van der Waals surface area contributed by atoms with E-state index < -0.39 is 18.4 Å². The van der Waals surface area contributed by atoms with Gasteiger partial charge in [0.15, 0.2) is 0 Å². The Labute approximate surface area is 163 Å². The van der Waals surface area contributed by atoms with Crippen molar-refractivity contribution in [2.45, 2.75) is 111 Å². The minimum absolute atomic E-state index is 0.257. The zero-order chi connectivity index (χ0) is 18.8. The van der Waals surface area contributed by atoms with Crippen molar-refractivity contribution in [2.75, 3.05) is 13.9 Å². The van der Waals surface area contributed by atoms with Gasteiger partial charge in [-0.15, -0.1) is 0 Å². The van der Waals surface area contributed by atoms with Gasteiger partial charge < -0.3 is 0 Å². The third-order valence-electron chi connectivity index (χ3n) is 5.24. The van der Waals surface area contributed by atoms with E-state index in [1.807, 2.05) is 0 Å². The van der Waals surface area contributed by atoms with E-state index in [9.17, 15) is 0 Å². The van der Waals surface area contributed by atoms with Gasteiger partial charge in [-0.05, 0) is 0 Å². The van der Waals surface area contributed by atoms with Crippen LogP contribution in [0.15, 0.2) is 10.2 Å². The summed E-state index contributed by atoms with van der Waals surface area (Å²) in [4.78, 5) is 0. The molecule has 1 unspecified atom stereocenters. The summed E-state index contributed by atoms with van der Waals surface area (Å²) in [5.74, 6) is 0. The molecule has 0 aromatic rings. The number of methoxy groups -OCH3 is 1. The average molecular weight is 461 g/mol. The molecule has 0 saturated heterocycles. The number of ether oxygens (including phenoxy) is 2. The molecule has 150 valence electrons. The van der Waals surface area contributed by atoms with Crippen molar-refractivity contribution in [3.8, 4) is 0 Å². The van der Waals surface area contributed by atoms with Gasteiger partial charge in [-0.25, -0.2) is 0 Å². The molecule has 0 heterocycles. The van der Waals surface area contributed by atoms with E-state index >= 15 is 0 Å². The van der Waals surface area contributed by atoms with Gasteiger partial charge in [0.1, 0.15) is 0 Å². The van der Waals surface area contributed by atoms with Gasteiger partial charge in [0, 0.05) is 0 Å². The van der Waals surface area contributed by atoms with Gasteiger partial charge in [0.25, 0.3) is 0 Å². The van der Waals surface area contributed by atoms with Gasteiger partial charge in [-0.1, -0.05) is 0 Å². The van der Waals surface area contributed by atoms with Crippen molar-refractivity contribution in [3.63, 3.8) is 0 Å². The Morgan fingerprint density at radius 3 is 1.72 bits per heavy atom. The normalized spacial score (nSPS) is 13.6. The van der Waals surface area contributed by atoms with E-state index in [1.54, 1.807) is 7.11 Å². The van der Waals surface area contributed by atoms with Crippen LogP contribution in [0, 0.1) is 0 Å². The van der Waals surface area contributed by atoms with Gasteiger partial charge in [0.05, 0.1) is 0 Å². The molecule has 0 saturated carbocycles. The first-order valence-corrected chi connectivity index (χ1v) is 18.7. The molecular weight excluding hydrogens is 415 g/mol. The molecule has 0 aliphatic heterocycles. The maximum absolute atomic E-state index is 5.97. The van der Waals surface area contributed by atoms with E-state index in [4.69, 9.17) is 9.47 Å². The molecule has 0 amide bonds. The summed E-state index contributed by atoms with van der Waals surface area (Å²) in [7, 11) is 1.72. The molecule has 0 spiro atoms. The third kappa shape index (κ3) is 13.3. The van der Waals surface area contributed by atoms with Gasteiger partial charge in [0.2, 0.25) is 0 Å². The summed E-state index contributed by atoms with van der Waals surface area (Å²) in [6.45, 7) is 9.71. The molecule has 0 aliphatic rings. The predicted octanol–water partition coefficient (Wildman–Crippen LogP) is 7.50. The molecule has 25 heavy (non-hydrogen) atoms. The third-order valence-corrected chi connectivity index (χ3v) is 19.4. The Kier molecular flexibility index (Phi) is 18.2. The summed E-state index contributed by atoms with van der Waals surface area (Å²) in [5, 5.41) is 0. The van der Waals surface area contributed by atoms with E-state index in [0.29, 0.717) is 6.79 Å². The molecule has 0 aromatic carbocycles. The van der Waals surface area contributed by atoms with E-state index in [-0.39, 0.29) is 6.10 Å². The molecule has 0 aliphatic carbocycles. The van der Waals surface area contributed by atoms with E-state index in [2.05, 4.69) is 37.9 Å². The predicted molar refractivity (Wildman–Crippen MR) is 115 cm³/mol. The van der Waals surface area contributed by atoms with Gasteiger partial charge in [-0.2, -0.15) is 0 Å². The number of hydrogen-bond donors (Lipinski definition) is 0. The quantitative estimate of drug-likeness (QED) is 0.120. The molecule has 3 heteroatoms. The molecule has 0 rings (SSSR count). The first kappa shape index (κ1) is 25.5. The zero-order valence-corrected chi connectivity index (χ0v) is 20.8. The zero-order valence-electron chi connectivity index (χ0n) is 17.9. The minimum atomic E-state index is -2.17. The van der Waals surface area contributed by atoms with Crippen LogP contribution in [0.4, 0.5) is 0 Å². The van der Waals surface area contributed by atoms with Gasteiger partial charge >= 0.3 is 163 Å². The SMILES string of the molecule is CCCCCC(/C=[CH]/[Sn]([CH2]CCC)([CH2]CCC)[CH2]CCC)OCOC. The first-order chi connectivity index (χ1) is 12.2. The topological polar surface area (TPSA) is 18.5 Å². The van der Waals surface area contributed by atoms with Crippen LogP contribution < -0.4 is 0 Å². The summed E-state index contributed by atoms with van der Waals surface area (Å²) < 4.78 is 18.5. The molecule has 0 radical (unpaired) electrons. The van der Waals surface area contributed by atoms with Crippen molar-refractivity contribution < 1.29 is 9.47 Å². The standard InChI is InChI=1S/C10H19O2.3C4H9.Sn/c1-4-6-7-8-10(5-2)12-9-11-3;3*1-3-4-2;/h2,5,10H,4,6-9H2,1,3H3;3*1,3-4H2,2H3;. The van der Waals surface area contributed by atoms with Gasteiger partial charge in [-0.3, -0.25) is 0 Å². The summed E-state index contributed by atoms with van der Waals surface area (Å²) >= 11 is -2.17. The molecule has 0 aromatic heterocycles. The van der Waals surface area contributed by atoms with Crippen molar-refractivity contribution in [3.05, 3.63) is 10.2 Å². The first-order valence-electron chi connectivity index (χ1n) is 11.0. The Morgan fingerprint density at radius 1 is 0.760 bits per heavy atom. The monoisotopic (exact) mass is 462 g/mol. The van der Waals surface area contributed by atoms with Crippen LogP contribution >= 0.6 is 0 Å².